The van der Waals surface area contributed by atoms with E-state index in [1.165, 1.54) is 56.1 Å². The predicted molar refractivity (Wildman–Crippen MR) is 96.6 cm³/mol. The fraction of sp³-hybridized carbons (Fsp3) is 0.167. The molecule has 0 fully saturated rings. The Hall–Kier alpha value is -2.94. The minimum atomic E-state index is -4.56. The van der Waals surface area contributed by atoms with E-state index in [1.807, 2.05) is 0 Å². The van der Waals surface area contributed by atoms with Gasteiger partial charge in [-0.05, 0) is 23.8 Å². The second kappa shape index (κ2) is 7.36. The Balaban J connectivity index is 2.15. The van der Waals surface area contributed by atoms with E-state index in [-0.39, 0.29) is 17.2 Å². The lowest BCUT2D eigenvalue weighted by Gasteiger charge is -2.16. The van der Waals surface area contributed by atoms with E-state index in [2.05, 4.69) is 15.3 Å². The quantitative estimate of drug-likeness (QED) is 0.688. The van der Waals surface area contributed by atoms with E-state index in [9.17, 15) is 18.0 Å². The van der Waals surface area contributed by atoms with E-state index in [0.717, 1.165) is 6.07 Å². The summed E-state index contributed by atoms with van der Waals surface area (Å²) in [5, 5.41) is 2.93. The van der Waals surface area contributed by atoms with Gasteiger partial charge in [0.05, 0.1) is 17.6 Å². The van der Waals surface area contributed by atoms with E-state index >= 15 is 0 Å². The first kappa shape index (κ1) is 18.8. The summed E-state index contributed by atoms with van der Waals surface area (Å²) in [4.78, 5) is 19.9. The number of nitrogens with zero attached hydrogens (tertiary/aromatic N) is 2. The largest absolute Gasteiger partial charge is 0.497 e. The third-order valence-electron chi connectivity index (χ3n) is 3.70. The predicted octanol–water partition coefficient (Wildman–Crippen LogP) is 4.86. The molecule has 2 aromatic heterocycles. The number of rotatable bonds is 4. The molecule has 27 heavy (non-hydrogen) atoms. The smallest absolute Gasteiger partial charge is 0.417 e. The van der Waals surface area contributed by atoms with Crippen LogP contribution < -0.4 is 10.1 Å². The van der Waals surface area contributed by atoms with Crippen LogP contribution in [0.25, 0.3) is 21.6 Å². The van der Waals surface area contributed by atoms with Crippen molar-refractivity contribution in [2.75, 3.05) is 12.4 Å². The van der Waals surface area contributed by atoms with Crippen LogP contribution in [0.5, 0.6) is 5.75 Å². The van der Waals surface area contributed by atoms with Crippen LogP contribution in [0.2, 0.25) is 0 Å². The maximum absolute atomic E-state index is 13.6. The van der Waals surface area contributed by atoms with Crippen molar-refractivity contribution in [1.29, 1.82) is 0 Å². The summed E-state index contributed by atoms with van der Waals surface area (Å²) < 4.78 is 45.7. The molecule has 0 saturated heterocycles. The second-order valence-electron chi connectivity index (χ2n) is 5.54. The van der Waals surface area contributed by atoms with Crippen molar-refractivity contribution in [2.24, 2.45) is 0 Å². The number of benzene rings is 1. The lowest BCUT2D eigenvalue weighted by atomic mass is 9.96. The average molecular weight is 393 g/mol. The maximum atomic E-state index is 13.6. The number of thiazole rings is 1. The third-order valence-corrected chi connectivity index (χ3v) is 4.64. The third kappa shape index (κ3) is 4.08. The standard InChI is InChI=1S/C18H14F3N3O2S/c1-10(25)24-17-23-9-16(27-17)13-5-6-22-8-14(13)12-4-3-11(26-2)7-15(12)18(19,20)21/h3-9H,1-2H3,(H,23,24,25). The molecule has 0 bridgehead atoms. The number of amides is 1. The van der Waals surface area contributed by atoms with Crippen LogP contribution in [-0.4, -0.2) is 23.0 Å². The van der Waals surface area contributed by atoms with E-state index in [1.54, 1.807) is 6.07 Å². The van der Waals surface area contributed by atoms with Crippen molar-refractivity contribution in [3.8, 4) is 27.3 Å². The van der Waals surface area contributed by atoms with Crippen molar-refractivity contribution in [3.63, 3.8) is 0 Å². The Morgan fingerprint density at radius 2 is 1.93 bits per heavy atom. The molecule has 0 saturated carbocycles. The minimum absolute atomic E-state index is 0.0131. The highest BCUT2D eigenvalue weighted by atomic mass is 32.1. The second-order valence-corrected chi connectivity index (χ2v) is 6.57. The molecule has 1 N–H and O–H groups in total. The highest BCUT2D eigenvalue weighted by Gasteiger charge is 2.35. The number of hydrogen-bond acceptors (Lipinski definition) is 5. The highest BCUT2D eigenvalue weighted by molar-refractivity contribution is 7.19. The number of carbonyl (C=O) groups excluding carboxylic acids is 1. The van der Waals surface area contributed by atoms with Crippen LogP contribution in [-0.2, 0) is 11.0 Å². The van der Waals surface area contributed by atoms with Crippen molar-refractivity contribution in [1.82, 2.24) is 9.97 Å². The Labute approximate surface area is 156 Å². The molecule has 0 radical (unpaired) electrons. The van der Waals surface area contributed by atoms with Gasteiger partial charge in [0.25, 0.3) is 0 Å². The molecule has 140 valence electrons. The van der Waals surface area contributed by atoms with Gasteiger partial charge in [-0.3, -0.25) is 9.78 Å². The van der Waals surface area contributed by atoms with Gasteiger partial charge in [0.15, 0.2) is 5.13 Å². The monoisotopic (exact) mass is 393 g/mol. The van der Waals surface area contributed by atoms with E-state index < -0.39 is 11.7 Å². The fourth-order valence-corrected chi connectivity index (χ4v) is 3.45. The van der Waals surface area contributed by atoms with Gasteiger partial charge in [0.2, 0.25) is 5.91 Å². The number of halogens is 3. The molecular formula is C18H14F3N3O2S. The van der Waals surface area contributed by atoms with Gasteiger partial charge in [-0.2, -0.15) is 13.2 Å². The van der Waals surface area contributed by atoms with Crippen LogP contribution >= 0.6 is 11.3 Å². The lowest BCUT2D eigenvalue weighted by molar-refractivity contribution is -0.137. The van der Waals surface area contributed by atoms with Gasteiger partial charge >= 0.3 is 6.18 Å². The molecule has 2 heterocycles. The van der Waals surface area contributed by atoms with E-state index in [0.29, 0.717) is 21.1 Å². The molecule has 0 atom stereocenters. The molecule has 0 aliphatic carbocycles. The van der Waals surface area contributed by atoms with Gasteiger partial charge < -0.3 is 10.1 Å². The summed E-state index contributed by atoms with van der Waals surface area (Å²) in [6.45, 7) is 1.35. The zero-order valence-corrected chi connectivity index (χ0v) is 15.1. The molecule has 0 spiro atoms. The van der Waals surface area contributed by atoms with Gasteiger partial charge in [-0.15, -0.1) is 0 Å². The molecule has 9 heteroatoms. The van der Waals surface area contributed by atoms with Gasteiger partial charge in [-0.25, -0.2) is 4.98 Å². The molecule has 1 amide bonds. The Morgan fingerprint density at radius 3 is 2.59 bits per heavy atom. The minimum Gasteiger partial charge on any atom is -0.497 e. The highest BCUT2D eigenvalue weighted by Crippen LogP contribution is 2.43. The van der Waals surface area contributed by atoms with Crippen LogP contribution in [0, 0.1) is 0 Å². The zero-order valence-electron chi connectivity index (χ0n) is 14.3. The molecule has 1 aromatic carbocycles. The lowest BCUT2D eigenvalue weighted by Crippen LogP contribution is -2.08. The summed E-state index contributed by atoms with van der Waals surface area (Å²) in [6.07, 6.45) is -0.185. The van der Waals surface area contributed by atoms with Gasteiger partial charge in [0.1, 0.15) is 5.75 Å². The van der Waals surface area contributed by atoms with Crippen molar-refractivity contribution >= 4 is 22.4 Å². The number of alkyl halides is 3. The number of hydrogen-bond donors (Lipinski definition) is 1. The molecular weight excluding hydrogens is 379 g/mol. The first-order valence-electron chi connectivity index (χ1n) is 7.73. The SMILES string of the molecule is COc1ccc(-c2cnccc2-c2cnc(NC(C)=O)s2)c(C(F)(F)F)c1. The number of anilines is 1. The summed E-state index contributed by atoms with van der Waals surface area (Å²) in [5.74, 6) is -0.164. The van der Waals surface area contributed by atoms with Gasteiger partial charge in [0, 0.05) is 36.6 Å². The van der Waals surface area contributed by atoms with Crippen LogP contribution in [0.4, 0.5) is 18.3 Å². The van der Waals surface area contributed by atoms with Crippen LogP contribution in [0.3, 0.4) is 0 Å². The van der Waals surface area contributed by atoms with Crippen molar-refractivity contribution in [3.05, 3.63) is 48.4 Å². The first-order valence-corrected chi connectivity index (χ1v) is 8.54. The van der Waals surface area contributed by atoms with Crippen molar-refractivity contribution in [2.45, 2.75) is 13.1 Å². The molecule has 0 aliphatic rings. The number of pyridine rings is 1. The van der Waals surface area contributed by atoms with Crippen LogP contribution in [0.15, 0.2) is 42.9 Å². The zero-order chi connectivity index (χ0) is 19.6. The topological polar surface area (TPSA) is 64.1 Å². The Morgan fingerprint density at radius 1 is 1.15 bits per heavy atom. The van der Waals surface area contributed by atoms with E-state index in [4.69, 9.17) is 4.74 Å². The molecule has 3 aromatic rings. The van der Waals surface area contributed by atoms with Crippen molar-refractivity contribution < 1.29 is 22.7 Å². The summed E-state index contributed by atoms with van der Waals surface area (Å²) in [6, 6.07) is 5.40. The fourth-order valence-electron chi connectivity index (χ4n) is 2.55. The number of aromatic nitrogens is 2. The summed E-state index contributed by atoms with van der Waals surface area (Å²) in [5.41, 5.74) is 0.0175. The molecule has 5 nitrogen and oxygen atoms in total. The summed E-state index contributed by atoms with van der Waals surface area (Å²) >= 11 is 1.17. The van der Waals surface area contributed by atoms with Crippen LogP contribution in [0.1, 0.15) is 12.5 Å². The molecule has 0 aliphatic heterocycles. The number of methoxy groups -OCH3 is 1. The summed E-state index contributed by atoms with van der Waals surface area (Å²) in [7, 11) is 1.31. The number of ether oxygens (including phenoxy) is 1. The number of nitrogens with one attached hydrogen (secondary N) is 1. The number of carbonyl (C=O) groups is 1. The normalized spacial score (nSPS) is 11.3. The van der Waals surface area contributed by atoms with Gasteiger partial charge in [-0.1, -0.05) is 17.4 Å². The molecule has 3 rings (SSSR count). The molecule has 0 unspecified atom stereocenters. The first-order chi connectivity index (χ1) is 12.8. The Bertz CT molecular complexity index is 986. The average Bonchev–Trinajstić information content (AvgIpc) is 3.08. The Kier molecular flexibility index (Phi) is 5.13. The maximum Gasteiger partial charge on any atom is 0.417 e.